The standard InChI is InChI=1S/C18H18N2O3/c1-19(2)10-11-20-15-9-8-14(12-16(15)23-18(20)22)17(21)13-6-4-3-5-7-13/h3-9,12H,10-11H2,1-2H3. The van der Waals surface area contributed by atoms with E-state index in [1.807, 2.05) is 37.2 Å². The van der Waals surface area contributed by atoms with Gasteiger partial charge in [0, 0.05) is 24.2 Å². The van der Waals surface area contributed by atoms with Gasteiger partial charge in [0.25, 0.3) is 0 Å². The first-order chi connectivity index (χ1) is 11.1. The van der Waals surface area contributed by atoms with Crippen LogP contribution in [0.25, 0.3) is 11.1 Å². The van der Waals surface area contributed by atoms with E-state index in [4.69, 9.17) is 4.42 Å². The lowest BCUT2D eigenvalue weighted by atomic mass is 10.0. The summed E-state index contributed by atoms with van der Waals surface area (Å²) >= 11 is 0. The maximum Gasteiger partial charge on any atom is 0.419 e. The number of carbonyl (C=O) groups excluding carboxylic acids is 1. The molecule has 5 heteroatoms. The Kier molecular flexibility index (Phi) is 4.12. The van der Waals surface area contributed by atoms with Gasteiger partial charge in [0.05, 0.1) is 5.52 Å². The van der Waals surface area contributed by atoms with Gasteiger partial charge in [-0.1, -0.05) is 30.3 Å². The Morgan fingerprint density at radius 1 is 1.09 bits per heavy atom. The number of likely N-dealkylation sites (N-methyl/N-ethyl adjacent to an activating group) is 1. The fourth-order valence-corrected chi connectivity index (χ4v) is 2.48. The minimum Gasteiger partial charge on any atom is -0.408 e. The van der Waals surface area contributed by atoms with Gasteiger partial charge < -0.3 is 9.32 Å². The number of fused-ring (bicyclic) bond motifs is 1. The second-order valence-electron chi connectivity index (χ2n) is 5.70. The zero-order valence-corrected chi connectivity index (χ0v) is 13.2. The zero-order chi connectivity index (χ0) is 16.4. The van der Waals surface area contributed by atoms with E-state index in [-0.39, 0.29) is 5.78 Å². The van der Waals surface area contributed by atoms with Crippen LogP contribution in [-0.4, -0.2) is 35.9 Å². The van der Waals surface area contributed by atoms with Crippen LogP contribution in [0, 0.1) is 0 Å². The fraction of sp³-hybridized carbons (Fsp3) is 0.222. The SMILES string of the molecule is CN(C)CCn1c(=O)oc2cc(C(=O)c3ccccc3)ccc21. The molecule has 23 heavy (non-hydrogen) atoms. The highest BCUT2D eigenvalue weighted by Gasteiger charge is 2.14. The van der Waals surface area contributed by atoms with Gasteiger partial charge in [0.1, 0.15) is 0 Å². The summed E-state index contributed by atoms with van der Waals surface area (Å²) < 4.78 is 6.88. The first-order valence-electron chi connectivity index (χ1n) is 7.44. The van der Waals surface area contributed by atoms with E-state index in [0.717, 1.165) is 6.54 Å². The van der Waals surface area contributed by atoms with E-state index >= 15 is 0 Å². The van der Waals surface area contributed by atoms with E-state index in [1.165, 1.54) is 0 Å². The zero-order valence-electron chi connectivity index (χ0n) is 13.2. The number of benzene rings is 2. The van der Waals surface area contributed by atoms with E-state index in [2.05, 4.69) is 0 Å². The predicted molar refractivity (Wildman–Crippen MR) is 88.9 cm³/mol. The molecule has 0 aliphatic heterocycles. The monoisotopic (exact) mass is 310 g/mol. The Labute approximate surface area is 133 Å². The highest BCUT2D eigenvalue weighted by molar-refractivity contribution is 6.10. The normalized spacial score (nSPS) is 11.3. The molecule has 0 atom stereocenters. The van der Waals surface area contributed by atoms with Crippen LogP contribution in [0.2, 0.25) is 0 Å². The van der Waals surface area contributed by atoms with Crippen LogP contribution in [0.4, 0.5) is 0 Å². The second-order valence-corrected chi connectivity index (χ2v) is 5.70. The lowest BCUT2D eigenvalue weighted by Crippen LogP contribution is -2.23. The molecule has 0 aliphatic carbocycles. The lowest BCUT2D eigenvalue weighted by Gasteiger charge is -2.09. The third kappa shape index (κ3) is 3.10. The van der Waals surface area contributed by atoms with Crippen LogP contribution in [-0.2, 0) is 6.54 Å². The number of aromatic nitrogens is 1. The molecule has 0 aliphatic rings. The number of carbonyl (C=O) groups is 1. The molecule has 0 bridgehead atoms. The molecule has 118 valence electrons. The highest BCUT2D eigenvalue weighted by atomic mass is 16.4. The van der Waals surface area contributed by atoms with Gasteiger partial charge in [-0.25, -0.2) is 4.79 Å². The number of rotatable bonds is 5. The van der Waals surface area contributed by atoms with Crippen molar-refractivity contribution in [2.24, 2.45) is 0 Å². The van der Waals surface area contributed by atoms with Crippen LogP contribution >= 0.6 is 0 Å². The van der Waals surface area contributed by atoms with Gasteiger partial charge in [-0.3, -0.25) is 9.36 Å². The van der Waals surface area contributed by atoms with Crippen LogP contribution in [0.5, 0.6) is 0 Å². The van der Waals surface area contributed by atoms with E-state index in [1.54, 1.807) is 34.9 Å². The minimum absolute atomic E-state index is 0.0869. The molecular formula is C18H18N2O3. The van der Waals surface area contributed by atoms with Crippen molar-refractivity contribution < 1.29 is 9.21 Å². The summed E-state index contributed by atoms with van der Waals surface area (Å²) in [6, 6.07) is 14.2. The minimum atomic E-state index is -0.397. The summed E-state index contributed by atoms with van der Waals surface area (Å²) in [5.41, 5.74) is 2.27. The second kappa shape index (κ2) is 6.22. The lowest BCUT2D eigenvalue weighted by molar-refractivity contribution is 0.103. The quantitative estimate of drug-likeness (QED) is 0.679. The van der Waals surface area contributed by atoms with E-state index in [0.29, 0.717) is 28.8 Å². The topological polar surface area (TPSA) is 55.5 Å². The predicted octanol–water partition coefficient (Wildman–Crippen LogP) is 2.39. The largest absolute Gasteiger partial charge is 0.419 e. The number of nitrogens with zero attached hydrogens (tertiary/aromatic N) is 2. The van der Waals surface area contributed by atoms with Crippen LogP contribution in [0.3, 0.4) is 0 Å². The number of hydrogen-bond donors (Lipinski definition) is 0. The summed E-state index contributed by atoms with van der Waals surface area (Å²) in [4.78, 5) is 26.5. The molecule has 0 unspecified atom stereocenters. The van der Waals surface area contributed by atoms with Gasteiger partial charge in [0.2, 0.25) is 0 Å². The van der Waals surface area contributed by atoms with Crippen molar-refractivity contribution in [2.45, 2.75) is 6.54 Å². The maximum absolute atomic E-state index is 12.5. The summed E-state index contributed by atoms with van der Waals surface area (Å²) in [5.74, 6) is -0.484. The Bertz CT molecular complexity index is 892. The highest BCUT2D eigenvalue weighted by Crippen LogP contribution is 2.18. The molecular weight excluding hydrogens is 292 g/mol. The smallest absolute Gasteiger partial charge is 0.408 e. The molecule has 0 N–H and O–H groups in total. The molecule has 1 heterocycles. The number of oxazole rings is 1. The fourth-order valence-electron chi connectivity index (χ4n) is 2.48. The average Bonchev–Trinajstić information content (AvgIpc) is 2.87. The van der Waals surface area contributed by atoms with Crippen LogP contribution < -0.4 is 5.76 Å². The Balaban J connectivity index is 1.97. The molecule has 0 radical (unpaired) electrons. The van der Waals surface area contributed by atoms with Gasteiger partial charge in [-0.2, -0.15) is 0 Å². The van der Waals surface area contributed by atoms with Crippen molar-refractivity contribution in [3.8, 4) is 0 Å². The average molecular weight is 310 g/mol. The molecule has 0 fully saturated rings. The van der Waals surface area contributed by atoms with Crippen molar-refractivity contribution >= 4 is 16.9 Å². The third-order valence-corrected chi connectivity index (χ3v) is 3.74. The van der Waals surface area contributed by atoms with Gasteiger partial charge in [0.15, 0.2) is 11.4 Å². The number of hydrogen-bond acceptors (Lipinski definition) is 4. The molecule has 2 aromatic carbocycles. The Morgan fingerprint density at radius 2 is 1.83 bits per heavy atom. The first-order valence-corrected chi connectivity index (χ1v) is 7.44. The molecule has 0 amide bonds. The molecule has 0 saturated heterocycles. The summed E-state index contributed by atoms with van der Waals surface area (Å²) in [5, 5.41) is 0. The van der Waals surface area contributed by atoms with Crippen molar-refractivity contribution in [3.05, 3.63) is 70.2 Å². The van der Waals surface area contributed by atoms with Crippen molar-refractivity contribution in [1.82, 2.24) is 9.47 Å². The molecule has 0 spiro atoms. The van der Waals surface area contributed by atoms with Crippen LogP contribution in [0.15, 0.2) is 57.7 Å². The molecule has 3 rings (SSSR count). The van der Waals surface area contributed by atoms with Gasteiger partial charge in [-0.15, -0.1) is 0 Å². The van der Waals surface area contributed by atoms with Gasteiger partial charge in [-0.05, 0) is 32.3 Å². The molecule has 3 aromatic rings. The third-order valence-electron chi connectivity index (χ3n) is 3.74. The molecule has 5 nitrogen and oxygen atoms in total. The maximum atomic E-state index is 12.5. The van der Waals surface area contributed by atoms with Crippen LogP contribution in [0.1, 0.15) is 15.9 Å². The summed E-state index contributed by atoms with van der Waals surface area (Å²) in [6.07, 6.45) is 0. The van der Waals surface area contributed by atoms with Crippen molar-refractivity contribution in [3.63, 3.8) is 0 Å². The molecule has 0 saturated carbocycles. The van der Waals surface area contributed by atoms with Crippen molar-refractivity contribution in [2.75, 3.05) is 20.6 Å². The van der Waals surface area contributed by atoms with Gasteiger partial charge >= 0.3 is 5.76 Å². The van der Waals surface area contributed by atoms with Crippen molar-refractivity contribution in [1.29, 1.82) is 0 Å². The molecule has 1 aromatic heterocycles. The van der Waals surface area contributed by atoms with E-state index < -0.39 is 5.76 Å². The summed E-state index contributed by atoms with van der Waals surface area (Å²) in [6.45, 7) is 1.28. The number of ketones is 1. The Hall–Kier alpha value is -2.66. The summed E-state index contributed by atoms with van der Waals surface area (Å²) in [7, 11) is 3.90. The Morgan fingerprint density at radius 3 is 2.52 bits per heavy atom. The first kappa shape index (κ1) is 15.2. The van der Waals surface area contributed by atoms with E-state index in [9.17, 15) is 9.59 Å².